The van der Waals surface area contributed by atoms with Crippen LogP contribution >= 0.6 is 11.3 Å². The predicted molar refractivity (Wildman–Crippen MR) is 52.2 cm³/mol. The first-order valence-corrected chi connectivity index (χ1v) is 4.51. The topological polar surface area (TPSA) is 37.3 Å². The second-order valence-corrected chi connectivity index (χ2v) is 3.82. The van der Waals surface area contributed by atoms with Gasteiger partial charge in [0.15, 0.2) is 0 Å². The molecule has 1 N–H and O–H groups in total. The summed E-state index contributed by atoms with van der Waals surface area (Å²) in [6.45, 7) is 5.59. The molecule has 3 heteroatoms. The molecule has 0 saturated heterocycles. The molecule has 1 aromatic carbocycles. The SMILES string of the molecule is [CH]c1cc2cc(C(=O)O)ccc2s1. The molecule has 2 aromatic rings. The Hall–Kier alpha value is -1.35. The maximum absolute atomic E-state index is 10.6. The van der Waals surface area contributed by atoms with Crippen LogP contribution in [0.5, 0.6) is 0 Å². The van der Waals surface area contributed by atoms with Crippen LogP contribution in [0.15, 0.2) is 24.3 Å². The zero-order valence-electron chi connectivity index (χ0n) is 6.65. The first-order valence-electron chi connectivity index (χ1n) is 3.69. The van der Waals surface area contributed by atoms with Gasteiger partial charge in [-0.1, -0.05) is 0 Å². The number of aromatic carboxylic acids is 1. The van der Waals surface area contributed by atoms with Crippen LogP contribution in [-0.2, 0) is 0 Å². The van der Waals surface area contributed by atoms with Crippen molar-refractivity contribution in [3.63, 3.8) is 0 Å². The van der Waals surface area contributed by atoms with E-state index >= 15 is 0 Å². The maximum atomic E-state index is 10.6. The highest BCUT2D eigenvalue weighted by molar-refractivity contribution is 7.19. The van der Waals surface area contributed by atoms with Gasteiger partial charge in [0.05, 0.1) is 5.56 Å². The Labute approximate surface area is 79.4 Å². The summed E-state index contributed by atoms with van der Waals surface area (Å²) in [5, 5.41) is 9.61. The van der Waals surface area contributed by atoms with Crippen LogP contribution in [0.2, 0.25) is 0 Å². The lowest BCUT2D eigenvalue weighted by Crippen LogP contribution is -1.94. The van der Waals surface area contributed by atoms with Gasteiger partial charge in [-0.25, -0.2) is 4.79 Å². The maximum Gasteiger partial charge on any atom is 0.335 e. The minimum Gasteiger partial charge on any atom is -0.478 e. The van der Waals surface area contributed by atoms with Gasteiger partial charge in [-0.05, 0) is 29.7 Å². The van der Waals surface area contributed by atoms with Gasteiger partial charge in [-0.15, -0.1) is 11.3 Å². The summed E-state index contributed by atoms with van der Waals surface area (Å²) < 4.78 is 1.02. The number of carboxylic acid groups (broad SMARTS) is 1. The van der Waals surface area contributed by atoms with E-state index in [4.69, 9.17) is 12.0 Å². The van der Waals surface area contributed by atoms with Crippen molar-refractivity contribution in [2.75, 3.05) is 0 Å². The van der Waals surface area contributed by atoms with Gasteiger partial charge in [0.2, 0.25) is 0 Å². The Morgan fingerprint density at radius 3 is 2.85 bits per heavy atom. The van der Waals surface area contributed by atoms with Gasteiger partial charge >= 0.3 is 5.97 Å². The molecule has 0 unspecified atom stereocenters. The molecule has 0 aliphatic heterocycles. The van der Waals surface area contributed by atoms with E-state index in [0.717, 1.165) is 10.1 Å². The van der Waals surface area contributed by atoms with Crippen molar-refractivity contribution >= 4 is 27.4 Å². The largest absolute Gasteiger partial charge is 0.478 e. The van der Waals surface area contributed by atoms with E-state index < -0.39 is 5.97 Å². The van der Waals surface area contributed by atoms with Crippen LogP contribution in [0, 0.1) is 6.92 Å². The molecule has 0 spiro atoms. The molecule has 0 fully saturated rings. The van der Waals surface area contributed by atoms with Crippen molar-refractivity contribution in [3.8, 4) is 0 Å². The molecule has 2 nitrogen and oxygen atoms in total. The van der Waals surface area contributed by atoms with E-state index in [1.165, 1.54) is 11.3 Å². The van der Waals surface area contributed by atoms with Crippen LogP contribution in [-0.4, -0.2) is 11.1 Å². The van der Waals surface area contributed by atoms with Gasteiger partial charge < -0.3 is 5.11 Å². The summed E-state index contributed by atoms with van der Waals surface area (Å²) in [5.74, 6) is -0.910. The van der Waals surface area contributed by atoms with Crippen LogP contribution < -0.4 is 0 Å². The average Bonchev–Trinajstić information content (AvgIpc) is 2.42. The molecule has 0 saturated carbocycles. The number of hydrogen-bond donors (Lipinski definition) is 1. The highest BCUT2D eigenvalue weighted by Crippen LogP contribution is 2.25. The summed E-state index contributed by atoms with van der Waals surface area (Å²) in [5.41, 5.74) is 0.297. The summed E-state index contributed by atoms with van der Waals surface area (Å²) >= 11 is 1.46. The Kier molecular flexibility index (Phi) is 1.81. The van der Waals surface area contributed by atoms with E-state index in [1.54, 1.807) is 24.3 Å². The predicted octanol–water partition coefficient (Wildman–Crippen LogP) is 2.66. The normalized spacial score (nSPS) is 10.5. The average molecular weight is 190 g/mol. The molecule has 1 aromatic heterocycles. The number of hydrogen-bond acceptors (Lipinski definition) is 2. The molecule has 0 atom stereocenters. The molecular formula is C10H6O2S. The first-order chi connectivity index (χ1) is 6.16. The monoisotopic (exact) mass is 190 g/mol. The minimum atomic E-state index is -0.910. The number of benzene rings is 1. The van der Waals surface area contributed by atoms with Gasteiger partial charge in [0.25, 0.3) is 0 Å². The summed E-state index contributed by atoms with van der Waals surface area (Å²) in [6.07, 6.45) is 0. The molecular weight excluding hydrogens is 184 g/mol. The fraction of sp³-hybridized carbons (Fsp3) is 0. The Balaban J connectivity index is 2.67. The third-order valence-electron chi connectivity index (χ3n) is 1.78. The molecule has 0 aliphatic carbocycles. The van der Waals surface area contributed by atoms with Gasteiger partial charge in [-0.2, -0.15) is 0 Å². The molecule has 0 aliphatic rings. The fourth-order valence-electron chi connectivity index (χ4n) is 1.20. The minimum absolute atomic E-state index is 0.297. The van der Waals surface area contributed by atoms with Crippen LogP contribution in [0.25, 0.3) is 10.1 Å². The Bertz CT molecular complexity index is 471. The number of carbonyl (C=O) groups is 1. The van der Waals surface area contributed by atoms with Crippen molar-refractivity contribution < 1.29 is 9.90 Å². The second kappa shape index (κ2) is 2.85. The quantitative estimate of drug-likeness (QED) is 0.750. The molecule has 13 heavy (non-hydrogen) atoms. The summed E-state index contributed by atoms with van der Waals surface area (Å²) in [6, 6.07) is 6.78. The van der Waals surface area contributed by atoms with Crippen LogP contribution in [0.1, 0.15) is 15.2 Å². The smallest absolute Gasteiger partial charge is 0.335 e. The van der Waals surface area contributed by atoms with E-state index in [9.17, 15) is 4.79 Å². The van der Waals surface area contributed by atoms with Crippen molar-refractivity contribution in [1.29, 1.82) is 0 Å². The zero-order chi connectivity index (χ0) is 9.42. The number of thiophene rings is 1. The van der Waals surface area contributed by atoms with Gasteiger partial charge in [0, 0.05) is 16.5 Å². The molecule has 64 valence electrons. The Morgan fingerprint density at radius 2 is 2.15 bits per heavy atom. The number of carboxylic acids is 1. The van der Waals surface area contributed by atoms with E-state index in [2.05, 4.69) is 0 Å². The fourth-order valence-corrected chi connectivity index (χ4v) is 2.01. The number of rotatable bonds is 1. The van der Waals surface area contributed by atoms with E-state index in [0.29, 0.717) is 10.4 Å². The van der Waals surface area contributed by atoms with Crippen molar-refractivity contribution in [2.24, 2.45) is 0 Å². The van der Waals surface area contributed by atoms with Crippen molar-refractivity contribution in [2.45, 2.75) is 0 Å². The van der Waals surface area contributed by atoms with E-state index in [-0.39, 0.29) is 0 Å². The second-order valence-electron chi connectivity index (χ2n) is 2.71. The summed E-state index contributed by atoms with van der Waals surface area (Å²) in [4.78, 5) is 11.3. The molecule has 0 amide bonds. The highest BCUT2D eigenvalue weighted by atomic mass is 32.1. The van der Waals surface area contributed by atoms with Gasteiger partial charge in [0.1, 0.15) is 0 Å². The van der Waals surface area contributed by atoms with Crippen molar-refractivity contribution in [3.05, 3.63) is 41.6 Å². The number of fused-ring (bicyclic) bond motifs is 1. The third-order valence-corrected chi connectivity index (χ3v) is 2.73. The van der Waals surface area contributed by atoms with Crippen molar-refractivity contribution in [1.82, 2.24) is 0 Å². The first kappa shape index (κ1) is 8.26. The Morgan fingerprint density at radius 1 is 1.38 bits per heavy atom. The zero-order valence-corrected chi connectivity index (χ0v) is 7.47. The third kappa shape index (κ3) is 1.42. The lowest BCUT2D eigenvalue weighted by Gasteiger charge is -1.92. The highest BCUT2D eigenvalue weighted by Gasteiger charge is 2.04. The molecule has 1 heterocycles. The van der Waals surface area contributed by atoms with Crippen LogP contribution in [0.4, 0.5) is 0 Å². The summed E-state index contributed by atoms with van der Waals surface area (Å²) in [7, 11) is 0. The standard InChI is InChI=1S/C10H6O2S/c1-6-4-8-5-7(10(11)12)2-3-9(8)13-6/h1-5H,(H,11,12). The lowest BCUT2D eigenvalue weighted by molar-refractivity contribution is 0.0697. The van der Waals surface area contributed by atoms with Crippen LogP contribution in [0.3, 0.4) is 0 Å². The van der Waals surface area contributed by atoms with E-state index in [1.807, 2.05) is 0 Å². The molecule has 2 rings (SSSR count). The lowest BCUT2D eigenvalue weighted by atomic mass is 10.2. The molecule has 0 bridgehead atoms. The molecule has 2 radical (unpaired) electrons. The van der Waals surface area contributed by atoms with Gasteiger partial charge in [-0.3, -0.25) is 0 Å².